The van der Waals surface area contributed by atoms with Gasteiger partial charge < -0.3 is 14.8 Å². The quantitative estimate of drug-likeness (QED) is 0.332. The van der Waals surface area contributed by atoms with E-state index in [2.05, 4.69) is 54.7 Å². The van der Waals surface area contributed by atoms with E-state index in [9.17, 15) is 4.79 Å². The van der Waals surface area contributed by atoms with Gasteiger partial charge >= 0.3 is 5.97 Å². The molecule has 3 unspecified atom stereocenters. The molecule has 1 heterocycles. The molecule has 0 aliphatic carbocycles. The standard InChI is InChI=1S/C30H28FNO3/c1-19(23-12-7-9-20-8-3-4-10-24(20)23)32-18-22-17-27(26-11-5-6-13-29(26)35-22)25-15-14-21(16-28(25)31)30(33)34-2/h3-16,19,22,27,32H,17-18H2,1-2H3. The summed E-state index contributed by atoms with van der Waals surface area (Å²) in [4.78, 5) is 11.8. The van der Waals surface area contributed by atoms with Crippen molar-refractivity contribution in [2.45, 2.75) is 31.4 Å². The first-order valence-corrected chi connectivity index (χ1v) is 11.9. The lowest BCUT2D eigenvalue weighted by molar-refractivity contribution is 0.0600. The van der Waals surface area contributed by atoms with Gasteiger partial charge in [-0.25, -0.2) is 9.18 Å². The third kappa shape index (κ3) is 4.64. The molecule has 0 saturated heterocycles. The number of carbonyl (C=O) groups excluding carboxylic acids is 1. The Bertz CT molecular complexity index is 1360. The van der Waals surface area contributed by atoms with E-state index in [-0.39, 0.29) is 23.6 Å². The van der Waals surface area contributed by atoms with Gasteiger partial charge in [0, 0.05) is 24.1 Å². The first kappa shape index (κ1) is 23.1. The van der Waals surface area contributed by atoms with Crippen molar-refractivity contribution in [2.75, 3.05) is 13.7 Å². The molecule has 1 N–H and O–H groups in total. The molecule has 0 radical (unpaired) electrons. The van der Waals surface area contributed by atoms with Crippen LogP contribution in [0.5, 0.6) is 5.75 Å². The number of hydrogen-bond donors (Lipinski definition) is 1. The van der Waals surface area contributed by atoms with Crippen LogP contribution >= 0.6 is 0 Å². The first-order chi connectivity index (χ1) is 17.0. The number of methoxy groups -OCH3 is 1. The van der Waals surface area contributed by atoms with Gasteiger partial charge in [0.2, 0.25) is 0 Å². The number of halogens is 1. The van der Waals surface area contributed by atoms with E-state index < -0.39 is 11.8 Å². The van der Waals surface area contributed by atoms with E-state index in [1.807, 2.05) is 24.3 Å². The molecule has 0 fully saturated rings. The summed E-state index contributed by atoms with van der Waals surface area (Å²) in [7, 11) is 1.29. The number of carbonyl (C=O) groups is 1. The van der Waals surface area contributed by atoms with Crippen molar-refractivity contribution < 1.29 is 18.7 Å². The van der Waals surface area contributed by atoms with E-state index in [1.54, 1.807) is 12.1 Å². The molecule has 0 saturated carbocycles. The number of esters is 1. The zero-order valence-electron chi connectivity index (χ0n) is 19.8. The fourth-order valence-electron chi connectivity index (χ4n) is 5.01. The minimum Gasteiger partial charge on any atom is -0.489 e. The number of benzene rings is 4. The number of fused-ring (bicyclic) bond motifs is 2. The Hall–Kier alpha value is -3.70. The van der Waals surface area contributed by atoms with Gasteiger partial charge in [-0.05, 0) is 53.4 Å². The zero-order valence-corrected chi connectivity index (χ0v) is 19.8. The van der Waals surface area contributed by atoms with Gasteiger partial charge in [-0.2, -0.15) is 0 Å². The molecular formula is C30H28FNO3. The van der Waals surface area contributed by atoms with Crippen LogP contribution in [0.3, 0.4) is 0 Å². The van der Waals surface area contributed by atoms with Gasteiger partial charge in [0.15, 0.2) is 0 Å². The summed E-state index contributed by atoms with van der Waals surface area (Å²) in [5, 5.41) is 6.08. The Labute approximate surface area is 204 Å². The summed E-state index contributed by atoms with van der Waals surface area (Å²) in [6.45, 7) is 2.78. The molecule has 178 valence electrons. The third-order valence-corrected chi connectivity index (χ3v) is 6.83. The highest BCUT2D eigenvalue weighted by Crippen LogP contribution is 2.41. The Morgan fingerprint density at radius 3 is 2.63 bits per heavy atom. The van der Waals surface area contributed by atoms with Crippen molar-refractivity contribution in [3.8, 4) is 5.75 Å². The maximum atomic E-state index is 15.2. The van der Waals surface area contributed by atoms with Crippen LogP contribution in [-0.2, 0) is 4.74 Å². The molecule has 0 bridgehead atoms. The molecule has 0 amide bonds. The summed E-state index contributed by atoms with van der Waals surface area (Å²) >= 11 is 0. The van der Waals surface area contributed by atoms with Crippen LogP contribution in [0, 0.1) is 5.82 Å². The van der Waals surface area contributed by atoms with Crippen LogP contribution in [-0.4, -0.2) is 25.7 Å². The van der Waals surface area contributed by atoms with Gasteiger partial charge in [-0.3, -0.25) is 0 Å². The first-order valence-electron chi connectivity index (χ1n) is 11.9. The van der Waals surface area contributed by atoms with Gasteiger partial charge in [0.05, 0.1) is 12.7 Å². The smallest absolute Gasteiger partial charge is 0.337 e. The second-order valence-corrected chi connectivity index (χ2v) is 8.99. The van der Waals surface area contributed by atoms with Gasteiger partial charge in [0.1, 0.15) is 17.7 Å². The average Bonchev–Trinajstić information content (AvgIpc) is 2.90. The van der Waals surface area contributed by atoms with Crippen molar-refractivity contribution in [2.24, 2.45) is 0 Å². The molecule has 1 aliphatic rings. The monoisotopic (exact) mass is 469 g/mol. The molecule has 4 nitrogen and oxygen atoms in total. The molecule has 4 aromatic rings. The molecule has 5 heteroatoms. The fraction of sp³-hybridized carbons (Fsp3) is 0.233. The number of para-hydroxylation sites is 1. The van der Waals surface area contributed by atoms with Crippen molar-refractivity contribution >= 4 is 16.7 Å². The van der Waals surface area contributed by atoms with Gasteiger partial charge in [-0.15, -0.1) is 0 Å². The largest absolute Gasteiger partial charge is 0.489 e. The lowest BCUT2D eigenvalue weighted by Gasteiger charge is -2.33. The SMILES string of the molecule is COC(=O)c1ccc(C2CC(CNC(C)c3cccc4ccccc34)Oc3ccccc32)c(F)c1. The van der Waals surface area contributed by atoms with Crippen LogP contribution < -0.4 is 10.1 Å². The van der Waals surface area contributed by atoms with Crippen LogP contribution in [0.25, 0.3) is 10.8 Å². The van der Waals surface area contributed by atoms with Crippen molar-refractivity contribution in [3.63, 3.8) is 0 Å². The Kier molecular flexibility index (Phi) is 6.51. The molecular weight excluding hydrogens is 441 g/mol. The molecule has 0 aromatic heterocycles. The Morgan fingerprint density at radius 1 is 1.03 bits per heavy atom. The van der Waals surface area contributed by atoms with Crippen molar-refractivity contribution in [3.05, 3.63) is 113 Å². The summed E-state index contributed by atoms with van der Waals surface area (Å²) in [5.74, 6) is -0.367. The fourth-order valence-corrected chi connectivity index (χ4v) is 5.01. The second kappa shape index (κ2) is 9.88. The van der Waals surface area contributed by atoms with Crippen LogP contribution in [0.2, 0.25) is 0 Å². The Morgan fingerprint density at radius 2 is 1.80 bits per heavy atom. The highest BCUT2D eigenvalue weighted by molar-refractivity contribution is 5.89. The summed E-state index contributed by atoms with van der Waals surface area (Å²) < 4.78 is 26.2. The van der Waals surface area contributed by atoms with Crippen molar-refractivity contribution in [1.82, 2.24) is 5.32 Å². The topological polar surface area (TPSA) is 47.6 Å². The summed E-state index contributed by atoms with van der Waals surface area (Å²) in [6, 6.07) is 27.2. The minimum absolute atomic E-state index is 0.122. The van der Waals surface area contributed by atoms with E-state index >= 15 is 4.39 Å². The van der Waals surface area contributed by atoms with Gasteiger partial charge in [0.25, 0.3) is 0 Å². The number of rotatable bonds is 6. The molecule has 5 rings (SSSR count). The lowest BCUT2D eigenvalue weighted by atomic mass is 9.83. The van der Waals surface area contributed by atoms with E-state index in [4.69, 9.17) is 9.47 Å². The molecule has 3 atom stereocenters. The maximum absolute atomic E-state index is 15.2. The second-order valence-electron chi connectivity index (χ2n) is 8.99. The van der Waals surface area contributed by atoms with E-state index in [0.29, 0.717) is 18.5 Å². The Balaban J connectivity index is 1.38. The van der Waals surface area contributed by atoms with Crippen LogP contribution in [0.15, 0.2) is 84.9 Å². The number of hydrogen-bond acceptors (Lipinski definition) is 4. The van der Waals surface area contributed by atoms with Crippen LogP contribution in [0.1, 0.15) is 52.4 Å². The summed E-state index contributed by atoms with van der Waals surface area (Å²) in [5.41, 5.74) is 2.95. The molecule has 0 spiro atoms. The normalized spacial score (nSPS) is 17.9. The van der Waals surface area contributed by atoms with Crippen LogP contribution in [0.4, 0.5) is 4.39 Å². The van der Waals surface area contributed by atoms with Crippen molar-refractivity contribution in [1.29, 1.82) is 0 Å². The third-order valence-electron chi connectivity index (χ3n) is 6.83. The average molecular weight is 470 g/mol. The molecule has 1 aliphatic heterocycles. The highest BCUT2D eigenvalue weighted by atomic mass is 19.1. The number of nitrogens with one attached hydrogen (secondary N) is 1. The van der Waals surface area contributed by atoms with E-state index in [1.165, 1.54) is 29.5 Å². The molecule has 4 aromatic carbocycles. The van der Waals surface area contributed by atoms with E-state index in [0.717, 1.165) is 11.3 Å². The predicted octanol–water partition coefficient (Wildman–Crippen LogP) is 6.40. The maximum Gasteiger partial charge on any atom is 0.337 e. The lowest BCUT2D eigenvalue weighted by Crippen LogP contribution is -2.37. The minimum atomic E-state index is -0.549. The highest BCUT2D eigenvalue weighted by Gasteiger charge is 2.31. The zero-order chi connectivity index (χ0) is 24.4. The summed E-state index contributed by atoms with van der Waals surface area (Å²) in [6.07, 6.45) is 0.493. The predicted molar refractivity (Wildman–Crippen MR) is 135 cm³/mol. The molecule has 35 heavy (non-hydrogen) atoms. The van der Waals surface area contributed by atoms with Gasteiger partial charge in [-0.1, -0.05) is 66.7 Å². The number of ether oxygens (including phenoxy) is 2.